The molecule has 0 aliphatic carbocycles. The molecule has 1 aliphatic heterocycles. The number of nitrogens with zero attached hydrogens (tertiary/aromatic N) is 1. The predicted molar refractivity (Wildman–Crippen MR) is 67.6 cm³/mol. The van der Waals surface area contributed by atoms with Crippen LogP contribution in [0.4, 0.5) is 10.5 Å². The Balaban J connectivity index is 0.000000399. The van der Waals surface area contributed by atoms with E-state index < -0.39 is 5.97 Å². The van der Waals surface area contributed by atoms with Crippen LogP contribution in [-0.4, -0.2) is 31.9 Å². The van der Waals surface area contributed by atoms with Crippen LogP contribution < -0.4 is 15.3 Å². The van der Waals surface area contributed by atoms with Gasteiger partial charge in [-0.15, -0.1) is 0 Å². The molecule has 1 heterocycles. The number of rotatable bonds is 2. The molecule has 1 aliphatic rings. The monoisotopic (exact) mass is 286 g/mol. The molecule has 1 fully saturated rings. The van der Waals surface area contributed by atoms with Gasteiger partial charge in [0.15, 0.2) is 0 Å². The fourth-order valence-electron chi connectivity index (χ4n) is 1.49. The Bertz CT molecular complexity index is 446. The highest BCUT2D eigenvalue weighted by atomic mass is 35.5. The number of quaternary nitrogens is 1. The van der Waals surface area contributed by atoms with Gasteiger partial charge < -0.3 is 20.0 Å². The third-order valence-electron chi connectivity index (χ3n) is 2.35. The van der Waals surface area contributed by atoms with Crippen molar-refractivity contribution in [2.45, 2.75) is 13.2 Å². The Labute approximate surface area is 115 Å². The number of benzene rings is 1. The number of cyclic esters (lactones) is 1. The number of hydrogen-bond donors (Lipinski definition) is 1. The van der Waals surface area contributed by atoms with Crippen LogP contribution in [0.1, 0.15) is 6.92 Å². The van der Waals surface area contributed by atoms with Gasteiger partial charge in [0.1, 0.15) is 6.54 Å². The fourth-order valence-corrected chi connectivity index (χ4v) is 1.62. The van der Waals surface area contributed by atoms with E-state index in [2.05, 4.69) is 0 Å². The Morgan fingerprint density at radius 3 is 2.42 bits per heavy atom. The van der Waals surface area contributed by atoms with Gasteiger partial charge in [-0.2, -0.15) is 0 Å². The van der Waals surface area contributed by atoms with Gasteiger partial charge in [-0.05, 0) is 31.2 Å². The molecule has 19 heavy (non-hydrogen) atoms. The number of carboxylic acids is 1. The molecule has 2 rings (SSSR count). The topological polar surface area (TPSA) is 86.3 Å². The molecule has 0 spiro atoms. The molecule has 1 unspecified atom stereocenters. The van der Waals surface area contributed by atoms with Crippen molar-refractivity contribution >= 4 is 29.4 Å². The summed E-state index contributed by atoms with van der Waals surface area (Å²) in [7, 11) is 1.88. The summed E-state index contributed by atoms with van der Waals surface area (Å²) in [5, 5.41) is 11.4. The Hall–Kier alpha value is -1.79. The van der Waals surface area contributed by atoms with Crippen LogP contribution in [0.2, 0.25) is 5.02 Å². The van der Waals surface area contributed by atoms with Gasteiger partial charge in [0.25, 0.3) is 6.23 Å². The van der Waals surface area contributed by atoms with E-state index >= 15 is 0 Å². The number of anilines is 1. The maximum atomic E-state index is 11.5. The molecule has 0 bridgehead atoms. The van der Waals surface area contributed by atoms with Gasteiger partial charge >= 0.3 is 6.09 Å². The molecule has 1 atom stereocenters. The summed E-state index contributed by atoms with van der Waals surface area (Å²) in [6.45, 7) is 1.54. The van der Waals surface area contributed by atoms with Gasteiger partial charge in [0.05, 0.1) is 7.05 Å². The molecule has 104 valence electrons. The molecule has 2 N–H and O–H groups in total. The molecule has 0 radical (unpaired) electrons. The summed E-state index contributed by atoms with van der Waals surface area (Å²) in [6.07, 6.45) is -0.423. The Kier molecular flexibility index (Phi) is 5.59. The Morgan fingerprint density at radius 2 is 2.00 bits per heavy atom. The minimum absolute atomic E-state index is 0.117. The third-order valence-corrected chi connectivity index (χ3v) is 2.60. The lowest BCUT2D eigenvalue weighted by atomic mass is 10.3. The number of carbonyl (C=O) groups is 2. The van der Waals surface area contributed by atoms with E-state index in [1.54, 1.807) is 17.0 Å². The van der Waals surface area contributed by atoms with Crippen molar-refractivity contribution in [2.75, 3.05) is 18.5 Å². The number of aliphatic carboxylic acids is 1. The first-order valence-corrected chi connectivity index (χ1v) is 6.02. The standard InChI is InChI=1S/C10H11ClN2O2.C2H4O2/c1-12-9-6-13(10(14)15-9)8-4-2-7(11)3-5-8;1-2(3)4/h2-5,9,12H,6H2,1H3;1H3,(H,3,4). The van der Waals surface area contributed by atoms with Crippen LogP contribution in [0.3, 0.4) is 0 Å². The Morgan fingerprint density at radius 1 is 1.47 bits per heavy atom. The number of likely N-dealkylation sites (N-methyl/N-ethyl adjacent to an activating group) is 1. The molecule has 0 saturated carbocycles. The van der Waals surface area contributed by atoms with E-state index in [-0.39, 0.29) is 12.3 Å². The third kappa shape index (κ3) is 4.76. The second-order valence-corrected chi connectivity index (χ2v) is 4.27. The quantitative estimate of drug-likeness (QED) is 0.799. The predicted octanol–water partition coefficient (Wildman–Crippen LogP) is -0.428. The molecule has 7 heteroatoms. The lowest BCUT2D eigenvalue weighted by Crippen LogP contribution is -2.87. The van der Waals surface area contributed by atoms with E-state index in [1.165, 1.54) is 0 Å². The van der Waals surface area contributed by atoms with Crippen molar-refractivity contribution in [1.29, 1.82) is 0 Å². The zero-order chi connectivity index (χ0) is 14.4. The van der Waals surface area contributed by atoms with E-state index in [0.717, 1.165) is 12.6 Å². The zero-order valence-electron chi connectivity index (χ0n) is 10.6. The number of hydrogen-bond acceptors (Lipinski definition) is 4. The van der Waals surface area contributed by atoms with Crippen LogP contribution >= 0.6 is 11.6 Å². The number of amides is 1. The largest absolute Gasteiger partial charge is 0.550 e. The minimum Gasteiger partial charge on any atom is -0.550 e. The second-order valence-electron chi connectivity index (χ2n) is 3.83. The number of carboxylic acid groups (broad SMARTS) is 1. The molecule has 1 saturated heterocycles. The van der Waals surface area contributed by atoms with Crippen molar-refractivity contribution in [3.8, 4) is 0 Å². The lowest BCUT2D eigenvalue weighted by molar-refractivity contribution is -0.691. The van der Waals surface area contributed by atoms with Crippen molar-refractivity contribution in [3.05, 3.63) is 29.3 Å². The van der Waals surface area contributed by atoms with Crippen LogP contribution in [-0.2, 0) is 9.53 Å². The first-order valence-electron chi connectivity index (χ1n) is 5.64. The maximum absolute atomic E-state index is 11.5. The number of carbonyl (C=O) groups excluding carboxylic acids is 2. The summed E-state index contributed by atoms with van der Waals surface area (Å²) in [4.78, 5) is 22.0. The van der Waals surface area contributed by atoms with Gasteiger partial charge in [0.2, 0.25) is 0 Å². The van der Waals surface area contributed by atoms with E-state index in [4.69, 9.17) is 26.2 Å². The van der Waals surface area contributed by atoms with Gasteiger partial charge in [-0.25, -0.2) is 4.79 Å². The average molecular weight is 287 g/mol. The maximum Gasteiger partial charge on any atom is 0.419 e. The highest BCUT2D eigenvalue weighted by Gasteiger charge is 2.33. The van der Waals surface area contributed by atoms with E-state index in [0.29, 0.717) is 11.6 Å². The van der Waals surface area contributed by atoms with Gasteiger partial charge in [-0.3, -0.25) is 4.90 Å². The summed E-state index contributed by atoms with van der Waals surface area (Å²) in [5.41, 5.74) is 0.814. The smallest absolute Gasteiger partial charge is 0.419 e. The summed E-state index contributed by atoms with van der Waals surface area (Å²) in [5.74, 6) is -1.08. The molecule has 1 aromatic rings. The van der Waals surface area contributed by atoms with E-state index in [9.17, 15) is 4.79 Å². The van der Waals surface area contributed by atoms with Crippen LogP contribution in [0.25, 0.3) is 0 Å². The highest BCUT2D eigenvalue weighted by molar-refractivity contribution is 6.30. The van der Waals surface area contributed by atoms with Crippen LogP contribution in [0, 0.1) is 0 Å². The molecule has 1 amide bonds. The molecular weight excluding hydrogens is 272 g/mol. The average Bonchev–Trinajstić information content (AvgIpc) is 2.71. The zero-order valence-corrected chi connectivity index (χ0v) is 11.4. The number of ether oxygens (including phenoxy) is 1. The molecule has 6 nitrogen and oxygen atoms in total. The van der Waals surface area contributed by atoms with Crippen molar-refractivity contribution < 1.29 is 24.7 Å². The summed E-state index contributed by atoms with van der Waals surface area (Å²) < 4.78 is 5.11. The first-order chi connectivity index (χ1) is 8.93. The SMILES string of the molecule is CC(=O)[O-].C[NH2+]C1CN(c2ccc(Cl)cc2)C(=O)O1. The number of halogens is 1. The molecule has 0 aromatic heterocycles. The van der Waals surface area contributed by atoms with Crippen LogP contribution in [0.5, 0.6) is 0 Å². The highest BCUT2D eigenvalue weighted by Crippen LogP contribution is 2.21. The van der Waals surface area contributed by atoms with Crippen molar-refractivity contribution in [3.63, 3.8) is 0 Å². The molecule has 1 aromatic carbocycles. The molecular formula is C12H15ClN2O4. The van der Waals surface area contributed by atoms with Gasteiger partial charge in [-0.1, -0.05) is 11.6 Å². The van der Waals surface area contributed by atoms with Crippen molar-refractivity contribution in [2.24, 2.45) is 0 Å². The van der Waals surface area contributed by atoms with Crippen molar-refractivity contribution in [1.82, 2.24) is 0 Å². The van der Waals surface area contributed by atoms with Crippen LogP contribution in [0.15, 0.2) is 24.3 Å². The number of nitrogens with two attached hydrogens (primary N) is 1. The second kappa shape index (κ2) is 6.96. The van der Waals surface area contributed by atoms with Gasteiger partial charge in [0, 0.05) is 16.7 Å². The fraction of sp³-hybridized carbons (Fsp3) is 0.333. The normalized spacial score (nSPS) is 17.5. The van der Waals surface area contributed by atoms with E-state index in [1.807, 2.05) is 24.5 Å². The minimum atomic E-state index is -1.08. The summed E-state index contributed by atoms with van der Waals surface area (Å²) >= 11 is 5.77. The lowest BCUT2D eigenvalue weighted by Gasteiger charge is -2.11. The first kappa shape index (κ1) is 15.3. The summed E-state index contributed by atoms with van der Waals surface area (Å²) in [6, 6.07) is 7.13.